The summed E-state index contributed by atoms with van der Waals surface area (Å²) in [5, 5.41) is 0. The molecule has 0 spiro atoms. The van der Waals surface area contributed by atoms with Gasteiger partial charge < -0.3 is 4.98 Å². The third kappa shape index (κ3) is 3.05. The van der Waals surface area contributed by atoms with E-state index in [9.17, 15) is 4.79 Å². The Hall–Kier alpha value is -2.35. The number of carbonyl (C=O) groups is 1. The van der Waals surface area contributed by atoms with E-state index >= 15 is 0 Å². The van der Waals surface area contributed by atoms with Gasteiger partial charge >= 0.3 is 0 Å². The summed E-state index contributed by atoms with van der Waals surface area (Å²) in [7, 11) is 0. The highest BCUT2D eigenvalue weighted by molar-refractivity contribution is 6.07. The topological polar surface area (TPSA) is 32.9 Å². The molecule has 2 rings (SSSR count). The van der Waals surface area contributed by atoms with Crippen molar-refractivity contribution in [1.29, 1.82) is 0 Å². The van der Waals surface area contributed by atoms with Crippen LogP contribution >= 0.6 is 0 Å². The zero-order valence-electron chi connectivity index (χ0n) is 9.34. The van der Waals surface area contributed by atoms with Crippen LogP contribution in [-0.2, 0) is 0 Å². The molecule has 0 aliphatic rings. The zero-order chi connectivity index (χ0) is 11.9. The largest absolute Gasteiger partial charge is 0.359 e. The maximum absolute atomic E-state index is 12.2. The third-order valence-corrected chi connectivity index (χ3v) is 2.32. The zero-order valence-corrected chi connectivity index (χ0v) is 9.34. The number of rotatable bonds is 2. The van der Waals surface area contributed by atoms with E-state index in [2.05, 4.69) is 4.98 Å². The minimum atomic E-state index is -0.0122. The molecule has 2 aromatic rings. The third-order valence-electron chi connectivity index (χ3n) is 2.32. The van der Waals surface area contributed by atoms with Crippen LogP contribution in [0.3, 0.4) is 0 Å². The predicted molar refractivity (Wildman–Crippen MR) is 68.3 cm³/mol. The Morgan fingerprint density at radius 1 is 0.765 bits per heavy atom. The summed E-state index contributed by atoms with van der Waals surface area (Å²) in [6.07, 6.45) is 1.75. The molecule has 0 bridgehead atoms. The average Bonchev–Trinajstić information content (AvgIpc) is 2.52. The Kier molecular flexibility index (Phi) is 3.71. The van der Waals surface area contributed by atoms with Gasteiger partial charge in [-0.3, -0.25) is 4.79 Å². The summed E-state index contributed by atoms with van der Waals surface area (Å²) in [5.74, 6) is -0.0122. The molecule has 84 valence electrons. The fraction of sp³-hybridized carbons (Fsp3) is 0. The Balaban J connectivity index is 2.42. The van der Waals surface area contributed by atoms with Crippen molar-refractivity contribution in [3.63, 3.8) is 0 Å². The second-order valence-corrected chi connectivity index (χ2v) is 3.55. The molecule has 0 fully saturated rings. The van der Waals surface area contributed by atoms with Gasteiger partial charge in [0, 0.05) is 11.8 Å². The number of aromatic amines is 1. The summed E-state index contributed by atoms with van der Waals surface area (Å²) >= 11 is 0. The van der Waals surface area contributed by atoms with Crippen molar-refractivity contribution in [3.05, 3.63) is 84.2 Å². The average molecular weight is 223 g/mol. The molecule has 0 radical (unpaired) electrons. The summed E-state index contributed by atoms with van der Waals surface area (Å²) in [6, 6.07) is 20.4. The van der Waals surface area contributed by atoms with Gasteiger partial charge in [-0.05, 0) is 12.1 Å². The molecule has 0 saturated heterocycles. The second kappa shape index (κ2) is 5.66. The van der Waals surface area contributed by atoms with Crippen molar-refractivity contribution in [2.24, 2.45) is 0 Å². The number of aromatic nitrogens is 1. The van der Waals surface area contributed by atoms with Gasteiger partial charge in [-0.1, -0.05) is 54.6 Å². The maximum atomic E-state index is 12.2. The first kappa shape index (κ1) is 11.1. The van der Waals surface area contributed by atoms with Crippen molar-refractivity contribution in [1.82, 2.24) is 4.98 Å². The van der Waals surface area contributed by atoms with Gasteiger partial charge in [-0.25, -0.2) is 0 Å². The van der Waals surface area contributed by atoms with E-state index in [0.29, 0.717) is 11.3 Å². The van der Waals surface area contributed by atoms with E-state index in [1.165, 1.54) is 0 Å². The minimum Gasteiger partial charge on any atom is -0.359 e. The van der Waals surface area contributed by atoms with Gasteiger partial charge in [0.25, 0.3) is 0 Å². The molecule has 0 saturated carbocycles. The van der Waals surface area contributed by atoms with E-state index in [1.54, 1.807) is 12.3 Å². The molecule has 2 nitrogen and oxygen atoms in total. The van der Waals surface area contributed by atoms with Crippen molar-refractivity contribution >= 4 is 5.78 Å². The van der Waals surface area contributed by atoms with Gasteiger partial charge in [0.2, 0.25) is 5.78 Å². The SMILES string of the molecule is O=C(c1ccccc1)c1ccccccc[nH]1. The number of benzene rings is 1. The van der Waals surface area contributed by atoms with Crippen molar-refractivity contribution in [3.8, 4) is 0 Å². The molecule has 0 aliphatic heterocycles. The number of nitrogens with one attached hydrogen (secondary N) is 1. The summed E-state index contributed by atoms with van der Waals surface area (Å²) in [6.45, 7) is 0. The van der Waals surface area contributed by atoms with Crippen LogP contribution in [0.15, 0.2) is 72.9 Å². The lowest BCUT2D eigenvalue weighted by Gasteiger charge is -1.98. The van der Waals surface area contributed by atoms with Gasteiger partial charge in [0.15, 0.2) is 0 Å². The number of H-pyrrole nitrogens is 1. The smallest absolute Gasteiger partial charge is 0.209 e. The number of ketones is 1. The highest BCUT2D eigenvalue weighted by Gasteiger charge is 2.06. The molecular formula is C15H13NO. The maximum Gasteiger partial charge on any atom is 0.209 e. The quantitative estimate of drug-likeness (QED) is 0.778. The monoisotopic (exact) mass is 223 g/mol. The molecular weight excluding hydrogens is 210 g/mol. The highest BCUT2D eigenvalue weighted by atomic mass is 16.1. The lowest BCUT2D eigenvalue weighted by molar-refractivity contribution is 0.103. The summed E-state index contributed by atoms with van der Waals surface area (Å²) < 4.78 is 0. The minimum absolute atomic E-state index is 0.0122. The Bertz CT molecular complexity index is 518. The number of hydrogen-bond donors (Lipinski definition) is 1. The Morgan fingerprint density at radius 3 is 2.18 bits per heavy atom. The van der Waals surface area contributed by atoms with Crippen LogP contribution in [0.2, 0.25) is 0 Å². The molecule has 17 heavy (non-hydrogen) atoms. The fourth-order valence-corrected chi connectivity index (χ4v) is 1.47. The molecule has 0 aliphatic carbocycles. The van der Waals surface area contributed by atoms with Crippen molar-refractivity contribution in [2.75, 3.05) is 0 Å². The van der Waals surface area contributed by atoms with E-state index < -0.39 is 0 Å². The van der Waals surface area contributed by atoms with Crippen LogP contribution < -0.4 is 0 Å². The van der Waals surface area contributed by atoms with Crippen molar-refractivity contribution in [2.45, 2.75) is 0 Å². The first-order chi connectivity index (χ1) is 8.38. The van der Waals surface area contributed by atoms with Gasteiger partial charge in [-0.2, -0.15) is 0 Å². The second-order valence-electron chi connectivity index (χ2n) is 3.55. The van der Waals surface area contributed by atoms with E-state index in [4.69, 9.17) is 0 Å². The summed E-state index contributed by atoms with van der Waals surface area (Å²) in [5.41, 5.74) is 1.24. The van der Waals surface area contributed by atoms with E-state index in [0.717, 1.165) is 0 Å². The van der Waals surface area contributed by atoms with E-state index in [1.807, 2.05) is 60.7 Å². The molecule has 2 heteroatoms. The van der Waals surface area contributed by atoms with E-state index in [-0.39, 0.29) is 5.78 Å². The molecule has 1 heterocycles. The summed E-state index contributed by atoms with van der Waals surface area (Å²) in [4.78, 5) is 15.1. The first-order valence-corrected chi connectivity index (χ1v) is 5.44. The first-order valence-electron chi connectivity index (χ1n) is 5.44. The fourth-order valence-electron chi connectivity index (χ4n) is 1.47. The molecule has 0 atom stereocenters. The molecule has 0 amide bonds. The van der Waals surface area contributed by atoms with Gasteiger partial charge in [-0.15, -0.1) is 0 Å². The van der Waals surface area contributed by atoms with Crippen LogP contribution in [-0.4, -0.2) is 10.8 Å². The normalized spacial score (nSPS) is 9.41. The van der Waals surface area contributed by atoms with Gasteiger partial charge in [0.1, 0.15) is 0 Å². The standard InChI is InChI=1S/C15H13NO/c17-15(13-9-5-4-6-10-13)14-11-7-2-1-3-8-12-16-14/h1-12,16H. The lowest BCUT2D eigenvalue weighted by Crippen LogP contribution is -2.01. The van der Waals surface area contributed by atoms with Crippen LogP contribution in [0.1, 0.15) is 16.1 Å². The molecule has 1 aromatic carbocycles. The number of hydrogen-bond acceptors (Lipinski definition) is 1. The van der Waals surface area contributed by atoms with Crippen molar-refractivity contribution < 1.29 is 4.79 Å². The van der Waals surface area contributed by atoms with Crippen LogP contribution in [0.25, 0.3) is 0 Å². The Labute approximate surface area is 100 Å². The van der Waals surface area contributed by atoms with Crippen LogP contribution in [0.5, 0.6) is 0 Å². The number of carbonyl (C=O) groups excluding carboxylic acids is 1. The highest BCUT2D eigenvalue weighted by Crippen LogP contribution is 2.05. The van der Waals surface area contributed by atoms with Gasteiger partial charge in [0.05, 0.1) is 5.69 Å². The predicted octanol–water partition coefficient (Wildman–Crippen LogP) is 3.37. The molecule has 1 N–H and O–H groups in total. The molecule has 1 aromatic heterocycles. The van der Waals surface area contributed by atoms with Crippen LogP contribution in [0.4, 0.5) is 0 Å². The molecule has 0 unspecified atom stereocenters. The van der Waals surface area contributed by atoms with Crippen LogP contribution in [0, 0.1) is 0 Å². The lowest BCUT2D eigenvalue weighted by atomic mass is 10.1. The Morgan fingerprint density at radius 2 is 1.35 bits per heavy atom.